The van der Waals surface area contributed by atoms with E-state index in [-0.39, 0.29) is 17.8 Å². The molecule has 1 aliphatic heterocycles. The maximum atomic E-state index is 11.9. The normalized spacial score (nSPS) is 37.3. The van der Waals surface area contributed by atoms with Crippen LogP contribution in [0.25, 0.3) is 0 Å². The number of ether oxygens (including phenoxy) is 1. The largest absolute Gasteiger partial charge is 0.481 e. The molecule has 4 heteroatoms. The third kappa shape index (κ3) is 2.09. The van der Waals surface area contributed by atoms with Gasteiger partial charge in [0.15, 0.2) is 0 Å². The minimum absolute atomic E-state index is 0.00713. The van der Waals surface area contributed by atoms with Crippen LogP contribution in [0.5, 0.6) is 0 Å². The van der Waals surface area contributed by atoms with Crippen LogP contribution < -0.4 is 0 Å². The number of esters is 1. The number of aliphatic carboxylic acids is 1. The number of carbonyl (C=O) groups excluding carboxylic acids is 1. The predicted octanol–water partition coefficient (Wildman–Crippen LogP) is 2.70. The summed E-state index contributed by atoms with van der Waals surface area (Å²) in [5.74, 6) is -0.915. The van der Waals surface area contributed by atoms with Gasteiger partial charge in [-0.05, 0) is 25.3 Å². The Balaban J connectivity index is 2.46. The van der Waals surface area contributed by atoms with Gasteiger partial charge in [-0.3, -0.25) is 4.79 Å². The van der Waals surface area contributed by atoms with Gasteiger partial charge in [0.25, 0.3) is 0 Å². The standard InChI is InChI=1S/C15H20O4/c1-10-9-14(3)11(2)5-4-7-15(14,19-13(10)18)8-6-12(16)17/h4,7,9,11H,5-6,8H2,1-3H3,(H,16,17)/t11-,14+,15+/m0/s1. The molecule has 0 radical (unpaired) electrons. The first-order chi connectivity index (χ1) is 8.81. The summed E-state index contributed by atoms with van der Waals surface area (Å²) in [6.07, 6.45) is 7.07. The number of hydrogen-bond acceptors (Lipinski definition) is 3. The third-order valence-corrected chi connectivity index (χ3v) is 4.64. The van der Waals surface area contributed by atoms with Crippen LogP contribution in [-0.2, 0) is 14.3 Å². The molecule has 0 aromatic heterocycles. The summed E-state index contributed by atoms with van der Waals surface area (Å²) in [7, 11) is 0. The molecular weight excluding hydrogens is 244 g/mol. The number of carbonyl (C=O) groups is 2. The van der Waals surface area contributed by atoms with Crippen LogP contribution in [0, 0.1) is 11.3 Å². The average molecular weight is 264 g/mol. The molecule has 0 aromatic carbocycles. The predicted molar refractivity (Wildman–Crippen MR) is 70.5 cm³/mol. The molecule has 1 heterocycles. The van der Waals surface area contributed by atoms with Gasteiger partial charge in [0.05, 0.1) is 0 Å². The molecule has 0 spiro atoms. The van der Waals surface area contributed by atoms with Gasteiger partial charge in [0.2, 0.25) is 0 Å². The fourth-order valence-electron chi connectivity index (χ4n) is 3.16. The highest BCUT2D eigenvalue weighted by molar-refractivity contribution is 5.89. The van der Waals surface area contributed by atoms with E-state index in [1.54, 1.807) is 6.92 Å². The van der Waals surface area contributed by atoms with E-state index in [4.69, 9.17) is 9.84 Å². The highest BCUT2D eigenvalue weighted by Gasteiger charge is 2.55. The first-order valence-electron chi connectivity index (χ1n) is 6.63. The quantitative estimate of drug-likeness (QED) is 0.628. The molecule has 1 N–H and O–H groups in total. The van der Waals surface area contributed by atoms with Crippen LogP contribution in [0.3, 0.4) is 0 Å². The highest BCUT2D eigenvalue weighted by Crippen LogP contribution is 2.53. The number of fused-ring (bicyclic) bond motifs is 1. The second-order valence-electron chi connectivity index (χ2n) is 5.82. The summed E-state index contributed by atoms with van der Waals surface area (Å²) in [6, 6.07) is 0. The van der Waals surface area contributed by atoms with Crippen LogP contribution >= 0.6 is 0 Å². The lowest BCUT2D eigenvalue weighted by molar-refractivity contribution is -0.170. The van der Waals surface area contributed by atoms with E-state index in [1.165, 1.54) is 0 Å². The van der Waals surface area contributed by atoms with E-state index in [0.29, 0.717) is 17.9 Å². The fourth-order valence-corrected chi connectivity index (χ4v) is 3.16. The molecule has 0 unspecified atom stereocenters. The Hall–Kier alpha value is -1.58. The zero-order chi connectivity index (χ0) is 14.3. The van der Waals surface area contributed by atoms with Crippen molar-refractivity contribution in [2.45, 2.75) is 45.6 Å². The molecule has 0 saturated heterocycles. The van der Waals surface area contributed by atoms with Crippen LogP contribution in [-0.4, -0.2) is 22.6 Å². The summed E-state index contributed by atoms with van der Waals surface area (Å²) >= 11 is 0. The molecule has 104 valence electrons. The Bertz CT molecular complexity index is 477. The van der Waals surface area contributed by atoms with Gasteiger partial charge >= 0.3 is 11.9 Å². The summed E-state index contributed by atoms with van der Waals surface area (Å²) in [5.41, 5.74) is -0.551. The topological polar surface area (TPSA) is 63.6 Å². The highest BCUT2D eigenvalue weighted by atomic mass is 16.6. The van der Waals surface area contributed by atoms with Crippen molar-refractivity contribution in [3.8, 4) is 0 Å². The first-order valence-corrected chi connectivity index (χ1v) is 6.63. The average Bonchev–Trinajstić information content (AvgIpc) is 2.32. The summed E-state index contributed by atoms with van der Waals surface area (Å²) < 4.78 is 5.66. The first kappa shape index (κ1) is 13.8. The number of carboxylic acid groups (broad SMARTS) is 1. The van der Waals surface area contributed by atoms with Crippen molar-refractivity contribution < 1.29 is 19.4 Å². The second kappa shape index (κ2) is 4.51. The molecule has 4 nitrogen and oxygen atoms in total. The third-order valence-electron chi connectivity index (χ3n) is 4.64. The van der Waals surface area contributed by atoms with Crippen molar-refractivity contribution in [1.82, 2.24) is 0 Å². The maximum Gasteiger partial charge on any atom is 0.334 e. The van der Waals surface area contributed by atoms with Crippen molar-refractivity contribution in [3.63, 3.8) is 0 Å². The van der Waals surface area contributed by atoms with Crippen LogP contribution in [0.15, 0.2) is 23.8 Å². The van der Waals surface area contributed by atoms with Gasteiger partial charge < -0.3 is 9.84 Å². The van der Waals surface area contributed by atoms with E-state index < -0.39 is 11.6 Å². The molecule has 0 fully saturated rings. The SMILES string of the molecule is CC1=C[C@]2(C)[C@@H](C)CC=C[C@]2(CCC(=O)O)OC1=O. The number of rotatable bonds is 3. The maximum absolute atomic E-state index is 11.9. The molecule has 0 amide bonds. The second-order valence-corrected chi connectivity index (χ2v) is 5.82. The molecular formula is C15H20O4. The Morgan fingerprint density at radius 1 is 1.58 bits per heavy atom. The van der Waals surface area contributed by atoms with Crippen molar-refractivity contribution in [1.29, 1.82) is 0 Å². The van der Waals surface area contributed by atoms with Crippen LogP contribution in [0.1, 0.15) is 40.0 Å². The lowest BCUT2D eigenvalue weighted by Crippen LogP contribution is -2.55. The van der Waals surface area contributed by atoms with Crippen LogP contribution in [0.2, 0.25) is 0 Å². The van der Waals surface area contributed by atoms with Crippen molar-refractivity contribution in [3.05, 3.63) is 23.8 Å². The van der Waals surface area contributed by atoms with E-state index in [1.807, 2.05) is 18.2 Å². The van der Waals surface area contributed by atoms with E-state index >= 15 is 0 Å². The van der Waals surface area contributed by atoms with Gasteiger partial charge in [-0.2, -0.15) is 0 Å². The van der Waals surface area contributed by atoms with Gasteiger partial charge in [0.1, 0.15) is 5.60 Å². The van der Waals surface area contributed by atoms with Gasteiger partial charge in [-0.25, -0.2) is 4.79 Å². The molecule has 2 aliphatic rings. The monoisotopic (exact) mass is 264 g/mol. The molecule has 0 aromatic rings. The zero-order valence-electron chi connectivity index (χ0n) is 11.6. The molecule has 19 heavy (non-hydrogen) atoms. The van der Waals surface area contributed by atoms with Crippen molar-refractivity contribution in [2.24, 2.45) is 11.3 Å². The van der Waals surface area contributed by atoms with E-state index in [9.17, 15) is 9.59 Å². The number of allylic oxidation sites excluding steroid dienone is 1. The molecule has 0 saturated carbocycles. The molecule has 2 rings (SSSR count). The molecule has 0 bridgehead atoms. The minimum Gasteiger partial charge on any atom is -0.481 e. The minimum atomic E-state index is -0.870. The van der Waals surface area contributed by atoms with E-state index in [0.717, 1.165) is 6.42 Å². The summed E-state index contributed by atoms with van der Waals surface area (Å²) in [6.45, 7) is 5.92. The summed E-state index contributed by atoms with van der Waals surface area (Å²) in [5, 5.41) is 8.92. The Labute approximate surface area is 113 Å². The van der Waals surface area contributed by atoms with Crippen LogP contribution in [0.4, 0.5) is 0 Å². The fraction of sp³-hybridized carbons (Fsp3) is 0.600. The Morgan fingerprint density at radius 2 is 2.26 bits per heavy atom. The zero-order valence-corrected chi connectivity index (χ0v) is 11.6. The molecule has 3 atom stereocenters. The van der Waals surface area contributed by atoms with E-state index in [2.05, 4.69) is 13.8 Å². The van der Waals surface area contributed by atoms with Crippen molar-refractivity contribution in [2.75, 3.05) is 0 Å². The summed E-state index contributed by atoms with van der Waals surface area (Å²) in [4.78, 5) is 22.7. The number of hydrogen-bond donors (Lipinski definition) is 1. The lowest BCUT2D eigenvalue weighted by Gasteiger charge is -2.52. The van der Waals surface area contributed by atoms with Gasteiger partial charge in [-0.15, -0.1) is 0 Å². The van der Waals surface area contributed by atoms with Gasteiger partial charge in [-0.1, -0.05) is 26.0 Å². The molecule has 1 aliphatic carbocycles. The smallest absolute Gasteiger partial charge is 0.334 e. The number of carboxylic acids is 1. The van der Waals surface area contributed by atoms with Gasteiger partial charge in [0, 0.05) is 23.8 Å². The Kier molecular flexibility index (Phi) is 3.29. The van der Waals surface area contributed by atoms with Crippen molar-refractivity contribution >= 4 is 11.9 Å². The lowest BCUT2D eigenvalue weighted by atomic mass is 9.58. The Morgan fingerprint density at radius 3 is 2.89 bits per heavy atom.